The lowest BCUT2D eigenvalue weighted by atomic mass is 10.0. The molecule has 0 radical (unpaired) electrons. The van der Waals surface area contributed by atoms with Gasteiger partial charge < -0.3 is 0 Å². The van der Waals surface area contributed by atoms with Crippen LogP contribution in [0.3, 0.4) is 0 Å². The van der Waals surface area contributed by atoms with E-state index in [1.807, 2.05) is 24.5 Å². The van der Waals surface area contributed by atoms with Crippen LogP contribution in [0, 0.1) is 6.92 Å². The van der Waals surface area contributed by atoms with Crippen molar-refractivity contribution in [3.8, 4) is 11.3 Å². The van der Waals surface area contributed by atoms with Gasteiger partial charge in [-0.1, -0.05) is 24.6 Å². The molecule has 18 heavy (non-hydrogen) atoms. The number of halogens is 1. The van der Waals surface area contributed by atoms with Crippen molar-refractivity contribution in [2.45, 2.75) is 20.3 Å². The van der Waals surface area contributed by atoms with Crippen LogP contribution in [0.5, 0.6) is 0 Å². The molecule has 2 heterocycles. The molecule has 4 heteroatoms. The lowest BCUT2D eigenvalue weighted by molar-refractivity contribution is 1.13. The number of hydrogen-bond acceptors (Lipinski definition) is 2. The van der Waals surface area contributed by atoms with E-state index in [1.165, 1.54) is 21.7 Å². The topological polar surface area (TPSA) is 17.3 Å². The Hall–Kier alpha value is -1.32. The molecule has 0 fully saturated rings. The molecule has 0 atom stereocenters. The van der Waals surface area contributed by atoms with Gasteiger partial charge in [-0.2, -0.15) is 0 Å². The van der Waals surface area contributed by atoms with E-state index in [0.717, 1.165) is 16.4 Å². The third kappa shape index (κ3) is 1.74. The van der Waals surface area contributed by atoms with E-state index in [0.29, 0.717) is 0 Å². The van der Waals surface area contributed by atoms with Crippen LogP contribution in [0.25, 0.3) is 16.2 Å². The predicted octanol–water partition coefficient (Wildman–Crippen LogP) is 4.59. The summed E-state index contributed by atoms with van der Waals surface area (Å²) in [4.78, 5) is 6.77. The van der Waals surface area contributed by atoms with Crippen LogP contribution in [0.15, 0.2) is 30.6 Å². The Bertz CT molecular complexity index is 712. The van der Waals surface area contributed by atoms with Crippen LogP contribution in [-0.2, 0) is 6.42 Å². The molecule has 0 bridgehead atoms. The number of hydrogen-bond donors (Lipinski definition) is 0. The maximum absolute atomic E-state index is 6.13. The quantitative estimate of drug-likeness (QED) is 0.669. The van der Waals surface area contributed by atoms with Crippen molar-refractivity contribution >= 4 is 27.9 Å². The molecule has 3 aromatic rings. The van der Waals surface area contributed by atoms with E-state index in [9.17, 15) is 0 Å². The molecular weight excluding hydrogens is 264 g/mol. The molecule has 92 valence electrons. The van der Waals surface area contributed by atoms with Crippen molar-refractivity contribution in [2.75, 3.05) is 0 Å². The lowest BCUT2D eigenvalue weighted by Crippen LogP contribution is -1.91. The lowest BCUT2D eigenvalue weighted by Gasteiger charge is -2.08. The molecule has 0 N–H and O–H groups in total. The number of thiazole rings is 1. The van der Waals surface area contributed by atoms with Crippen molar-refractivity contribution in [1.29, 1.82) is 0 Å². The second-order valence-electron chi connectivity index (χ2n) is 4.27. The van der Waals surface area contributed by atoms with Crippen molar-refractivity contribution in [3.63, 3.8) is 0 Å². The van der Waals surface area contributed by atoms with Crippen LogP contribution in [0.1, 0.15) is 17.4 Å². The van der Waals surface area contributed by atoms with Gasteiger partial charge in [-0.25, -0.2) is 4.98 Å². The summed E-state index contributed by atoms with van der Waals surface area (Å²) in [6.45, 7) is 4.29. The van der Waals surface area contributed by atoms with Gasteiger partial charge in [-0.3, -0.25) is 4.40 Å². The summed E-state index contributed by atoms with van der Waals surface area (Å²) in [5.41, 5.74) is 3.67. The first-order valence-electron chi connectivity index (χ1n) is 5.92. The second kappa shape index (κ2) is 4.41. The summed E-state index contributed by atoms with van der Waals surface area (Å²) in [7, 11) is 0. The van der Waals surface area contributed by atoms with E-state index in [4.69, 9.17) is 11.6 Å². The minimum atomic E-state index is 0.775. The molecule has 0 spiro atoms. The van der Waals surface area contributed by atoms with Crippen LogP contribution < -0.4 is 0 Å². The van der Waals surface area contributed by atoms with Crippen LogP contribution >= 0.6 is 22.9 Å². The maximum Gasteiger partial charge on any atom is 0.194 e. The number of aromatic nitrogens is 2. The number of rotatable bonds is 2. The van der Waals surface area contributed by atoms with Crippen molar-refractivity contribution in [3.05, 3.63) is 46.1 Å². The number of benzene rings is 1. The molecule has 0 saturated heterocycles. The summed E-state index contributed by atoms with van der Waals surface area (Å²) in [6, 6.07) is 6.04. The standard InChI is InChI=1S/C14H13ClN2S/c1-3-12-13(17-7-6-16-14(17)18-12)11-8-10(15)5-4-9(11)2/h4-8H,3H2,1-2H3. The van der Waals surface area contributed by atoms with Crippen LogP contribution in [-0.4, -0.2) is 9.38 Å². The molecule has 2 nitrogen and oxygen atoms in total. The van der Waals surface area contributed by atoms with Crippen molar-refractivity contribution in [2.24, 2.45) is 0 Å². The van der Waals surface area contributed by atoms with Crippen molar-refractivity contribution in [1.82, 2.24) is 9.38 Å². The third-order valence-corrected chi connectivity index (χ3v) is 4.55. The Kier molecular flexibility index (Phi) is 2.88. The van der Waals surface area contributed by atoms with E-state index < -0.39 is 0 Å². The monoisotopic (exact) mass is 276 g/mol. The highest BCUT2D eigenvalue weighted by molar-refractivity contribution is 7.17. The molecule has 0 saturated carbocycles. The predicted molar refractivity (Wildman–Crippen MR) is 77.6 cm³/mol. The Morgan fingerprint density at radius 2 is 2.22 bits per heavy atom. The fraction of sp³-hybridized carbons (Fsp3) is 0.214. The number of nitrogens with zero attached hydrogens (tertiary/aromatic N) is 2. The fourth-order valence-electron chi connectivity index (χ4n) is 2.20. The summed E-state index contributed by atoms with van der Waals surface area (Å²) < 4.78 is 2.15. The van der Waals surface area contributed by atoms with E-state index in [2.05, 4.69) is 29.3 Å². The van der Waals surface area contributed by atoms with E-state index >= 15 is 0 Å². The smallest absolute Gasteiger partial charge is 0.194 e. The minimum absolute atomic E-state index is 0.775. The molecule has 0 aliphatic rings. The second-order valence-corrected chi connectivity index (χ2v) is 5.76. The number of imidazole rings is 1. The van der Waals surface area contributed by atoms with Crippen LogP contribution in [0.2, 0.25) is 5.02 Å². The summed E-state index contributed by atoms with van der Waals surface area (Å²) in [5, 5.41) is 0.775. The Balaban J connectivity index is 2.35. The minimum Gasteiger partial charge on any atom is -0.290 e. The first kappa shape index (κ1) is 11.8. The molecule has 0 amide bonds. The Morgan fingerprint density at radius 1 is 1.39 bits per heavy atom. The third-order valence-electron chi connectivity index (χ3n) is 3.10. The van der Waals surface area contributed by atoms with Gasteiger partial charge in [0.2, 0.25) is 0 Å². The molecular formula is C14H13ClN2S. The normalized spacial score (nSPS) is 11.3. The average molecular weight is 277 g/mol. The van der Waals surface area contributed by atoms with Gasteiger partial charge in [0, 0.05) is 27.9 Å². The summed E-state index contributed by atoms with van der Waals surface area (Å²) in [6.07, 6.45) is 4.87. The zero-order valence-electron chi connectivity index (χ0n) is 10.3. The van der Waals surface area contributed by atoms with Gasteiger partial charge in [0.25, 0.3) is 0 Å². The molecule has 3 rings (SSSR count). The van der Waals surface area contributed by atoms with Gasteiger partial charge in [-0.15, -0.1) is 11.3 Å². The van der Waals surface area contributed by atoms with E-state index in [-0.39, 0.29) is 0 Å². The summed E-state index contributed by atoms with van der Waals surface area (Å²) >= 11 is 7.88. The van der Waals surface area contributed by atoms with Crippen LogP contribution in [0.4, 0.5) is 0 Å². The highest BCUT2D eigenvalue weighted by Gasteiger charge is 2.15. The average Bonchev–Trinajstić information content (AvgIpc) is 2.92. The first-order chi connectivity index (χ1) is 8.70. The number of aryl methyl sites for hydroxylation is 2. The molecule has 0 unspecified atom stereocenters. The Morgan fingerprint density at radius 3 is 3.00 bits per heavy atom. The molecule has 0 aliphatic heterocycles. The fourth-order valence-corrected chi connectivity index (χ4v) is 3.40. The Labute approximate surface area is 115 Å². The molecule has 0 aliphatic carbocycles. The SMILES string of the molecule is CCc1sc2nccn2c1-c1cc(Cl)ccc1C. The number of fused-ring (bicyclic) bond motifs is 1. The molecule has 2 aromatic heterocycles. The zero-order valence-corrected chi connectivity index (χ0v) is 11.8. The first-order valence-corrected chi connectivity index (χ1v) is 7.11. The van der Waals surface area contributed by atoms with Gasteiger partial charge in [0.15, 0.2) is 4.96 Å². The van der Waals surface area contributed by atoms with E-state index in [1.54, 1.807) is 11.3 Å². The molecule has 1 aromatic carbocycles. The zero-order chi connectivity index (χ0) is 12.7. The summed E-state index contributed by atoms with van der Waals surface area (Å²) in [5.74, 6) is 0. The van der Waals surface area contributed by atoms with Gasteiger partial charge >= 0.3 is 0 Å². The van der Waals surface area contributed by atoms with Gasteiger partial charge in [-0.05, 0) is 31.0 Å². The van der Waals surface area contributed by atoms with Gasteiger partial charge in [0.05, 0.1) is 5.69 Å². The maximum atomic E-state index is 6.13. The highest BCUT2D eigenvalue weighted by Crippen LogP contribution is 2.34. The largest absolute Gasteiger partial charge is 0.290 e. The van der Waals surface area contributed by atoms with Crippen molar-refractivity contribution < 1.29 is 0 Å². The van der Waals surface area contributed by atoms with Gasteiger partial charge in [0.1, 0.15) is 0 Å². The highest BCUT2D eigenvalue weighted by atomic mass is 35.5.